The lowest BCUT2D eigenvalue weighted by molar-refractivity contribution is 0.579. The number of fused-ring (bicyclic) bond motifs is 2. The molecule has 1 aliphatic heterocycles. The maximum Gasteiger partial charge on any atom is 0.159 e. The second-order valence-electron chi connectivity index (χ2n) is 7.58. The lowest BCUT2D eigenvalue weighted by Gasteiger charge is -2.28. The molecule has 1 aliphatic rings. The molecule has 4 aromatic heterocycles. The quantitative estimate of drug-likeness (QED) is 0.479. The molecule has 2 N–H and O–H groups in total. The van der Waals surface area contributed by atoms with E-state index >= 15 is 0 Å². The van der Waals surface area contributed by atoms with Gasteiger partial charge in [-0.15, -0.1) is 0 Å². The van der Waals surface area contributed by atoms with Crippen LogP contribution in [0.25, 0.3) is 44.8 Å². The number of imidazole rings is 1. The Morgan fingerprint density at radius 2 is 1.83 bits per heavy atom. The van der Waals surface area contributed by atoms with E-state index in [0.717, 1.165) is 57.9 Å². The van der Waals surface area contributed by atoms with Crippen LogP contribution in [0, 0.1) is 0 Å². The largest absolute Gasteiger partial charge is 0.370 e. The minimum absolute atomic E-state index is 0.726. The highest BCUT2D eigenvalue weighted by atomic mass is 15.2. The highest BCUT2D eigenvalue weighted by Crippen LogP contribution is 2.32. The number of benzene rings is 1. The normalized spacial score (nSPS) is 14.6. The summed E-state index contributed by atoms with van der Waals surface area (Å²) in [7, 11) is 0. The van der Waals surface area contributed by atoms with Crippen LogP contribution in [0.3, 0.4) is 0 Å². The second-order valence-corrected chi connectivity index (χ2v) is 7.58. The van der Waals surface area contributed by atoms with Gasteiger partial charge < -0.3 is 9.88 Å². The summed E-state index contributed by atoms with van der Waals surface area (Å²) in [6, 6.07) is 8.31. The SMILES string of the molecule is c1cc(N2CCCCC2)c2nc(-c3n[nH]c4cnc(-c5cnccn5)cc34)[nH]c2c1. The molecule has 1 saturated heterocycles. The second kappa shape index (κ2) is 6.91. The summed E-state index contributed by atoms with van der Waals surface area (Å²) in [6.45, 7) is 2.17. The molecule has 0 atom stereocenters. The van der Waals surface area contributed by atoms with Crippen LogP contribution in [0.1, 0.15) is 19.3 Å². The molecule has 0 amide bonds. The number of piperidine rings is 1. The Balaban J connectivity index is 1.47. The molecule has 1 aromatic carbocycles. The van der Waals surface area contributed by atoms with E-state index in [2.05, 4.69) is 53.2 Å². The number of aromatic amines is 2. The molecule has 1 fully saturated rings. The van der Waals surface area contributed by atoms with Crippen LogP contribution >= 0.6 is 0 Å². The molecular weight excluding hydrogens is 376 g/mol. The molecule has 8 heteroatoms. The monoisotopic (exact) mass is 396 g/mol. The van der Waals surface area contributed by atoms with Gasteiger partial charge in [0.2, 0.25) is 0 Å². The highest BCUT2D eigenvalue weighted by molar-refractivity contribution is 5.96. The van der Waals surface area contributed by atoms with Crippen molar-refractivity contribution in [3.8, 4) is 22.9 Å². The van der Waals surface area contributed by atoms with Crippen molar-refractivity contribution in [1.29, 1.82) is 0 Å². The Kier molecular flexibility index (Phi) is 3.93. The van der Waals surface area contributed by atoms with Crippen molar-refractivity contribution in [3.05, 3.63) is 49.1 Å². The first kappa shape index (κ1) is 17.1. The van der Waals surface area contributed by atoms with Gasteiger partial charge in [0, 0.05) is 30.9 Å². The van der Waals surface area contributed by atoms with Crippen LogP contribution in [0.15, 0.2) is 49.1 Å². The molecule has 5 heterocycles. The van der Waals surface area contributed by atoms with E-state index in [1.54, 1.807) is 24.8 Å². The summed E-state index contributed by atoms with van der Waals surface area (Å²) in [5.41, 5.74) is 6.32. The number of pyridine rings is 1. The number of H-pyrrole nitrogens is 2. The van der Waals surface area contributed by atoms with Gasteiger partial charge >= 0.3 is 0 Å². The zero-order valence-electron chi connectivity index (χ0n) is 16.3. The molecule has 6 rings (SSSR count). The Labute approximate surface area is 172 Å². The summed E-state index contributed by atoms with van der Waals surface area (Å²) >= 11 is 0. The van der Waals surface area contributed by atoms with Crippen LogP contribution in [-0.2, 0) is 0 Å². The molecule has 8 nitrogen and oxygen atoms in total. The molecule has 30 heavy (non-hydrogen) atoms. The number of nitrogens with one attached hydrogen (secondary N) is 2. The summed E-state index contributed by atoms with van der Waals surface area (Å²) in [5.74, 6) is 0.747. The van der Waals surface area contributed by atoms with Crippen molar-refractivity contribution >= 4 is 27.6 Å². The fourth-order valence-corrected chi connectivity index (χ4v) is 4.19. The molecular formula is C22H20N8. The van der Waals surface area contributed by atoms with E-state index in [9.17, 15) is 0 Å². The van der Waals surface area contributed by atoms with Crippen LogP contribution in [0.2, 0.25) is 0 Å². The number of nitrogens with zero attached hydrogens (tertiary/aromatic N) is 6. The van der Waals surface area contributed by atoms with E-state index < -0.39 is 0 Å². The van der Waals surface area contributed by atoms with E-state index in [1.807, 2.05) is 6.07 Å². The lowest BCUT2D eigenvalue weighted by Crippen LogP contribution is -2.29. The van der Waals surface area contributed by atoms with Gasteiger partial charge in [0.15, 0.2) is 5.82 Å². The van der Waals surface area contributed by atoms with Gasteiger partial charge in [-0.25, -0.2) is 4.98 Å². The van der Waals surface area contributed by atoms with E-state index in [-0.39, 0.29) is 0 Å². The smallest absolute Gasteiger partial charge is 0.159 e. The molecule has 0 spiro atoms. The number of rotatable bonds is 3. The van der Waals surface area contributed by atoms with Gasteiger partial charge in [0.1, 0.15) is 16.9 Å². The molecule has 0 saturated carbocycles. The number of para-hydroxylation sites is 1. The van der Waals surface area contributed by atoms with Gasteiger partial charge in [0.25, 0.3) is 0 Å². The van der Waals surface area contributed by atoms with E-state index in [4.69, 9.17) is 4.98 Å². The van der Waals surface area contributed by atoms with Gasteiger partial charge in [-0.05, 0) is 37.5 Å². The van der Waals surface area contributed by atoms with Crippen molar-refractivity contribution in [3.63, 3.8) is 0 Å². The summed E-state index contributed by atoms with van der Waals surface area (Å²) in [4.78, 5) is 23.8. The maximum absolute atomic E-state index is 4.95. The topological polar surface area (TPSA) is 99.3 Å². The van der Waals surface area contributed by atoms with Crippen molar-refractivity contribution in [2.45, 2.75) is 19.3 Å². The van der Waals surface area contributed by atoms with E-state index in [1.165, 1.54) is 24.9 Å². The standard InChI is InChI=1S/C22H20N8/c1-2-9-30(10-3-1)19-6-4-5-15-21(19)27-22(26-15)20-14-11-16(18-12-23-7-8-24-18)25-13-17(14)28-29-20/h4-8,11-13H,1-3,9-10H2,(H,26,27)(H,28,29). The summed E-state index contributed by atoms with van der Waals surface area (Å²) < 4.78 is 0. The first-order valence-corrected chi connectivity index (χ1v) is 10.2. The van der Waals surface area contributed by atoms with E-state index in [0.29, 0.717) is 0 Å². The Morgan fingerprint density at radius 3 is 2.70 bits per heavy atom. The highest BCUT2D eigenvalue weighted by Gasteiger charge is 2.19. The predicted octanol–water partition coefficient (Wildman–Crippen LogP) is 3.95. The van der Waals surface area contributed by atoms with Gasteiger partial charge in [-0.1, -0.05) is 6.07 Å². The molecule has 0 aliphatic carbocycles. The van der Waals surface area contributed by atoms with Crippen LogP contribution in [0.5, 0.6) is 0 Å². The van der Waals surface area contributed by atoms with Crippen LogP contribution in [0.4, 0.5) is 5.69 Å². The first-order chi connectivity index (χ1) is 14.9. The predicted molar refractivity (Wildman–Crippen MR) is 116 cm³/mol. The number of anilines is 1. The lowest BCUT2D eigenvalue weighted by atomic mass is 10.1. The van der Waals surface area contributed by atoms with Crippen molar-refractivity contribution in [1.82, 2.24) is 35.1 Å². The molecule has 5 aromatic rings. The molecule has 0 radical (unpaired) electrons. The fourth-order valence-electron chi connectivity index (χ4n) is 4.19. The van der Waals surface area contributed by atoms with Crippen molar-refractivity contribution in [2.75, 3.05) is 18.0 Å². The van der Waals surface area contributed by atoms with Crippen LogP contribution < -0.4 is 4.90 Å². The molecule has 148 valence electrons. The maximum atomic E-state index is 4.95. The number of aromatic nitrogens is 7. The van der Waals surface area contributed by atoms with Crippen molar-refractivity contribution in [2.24, 2.45) is 0 Å². The van der Waals surface area contributed by atoms with Gasteiger partial charge in [0.05, 0.1) is 34.8 Å². The molecule has 0 bridgehead atoms. The van der Waals surface area contributed by atoms with Crippen LogP contribution in [-0.4, -0.2) is 48.2 Å². The zero-order valence-corrected chi connectivity index (χ0v) is 16.3. The molecule has 0 unspecified atom stereocenters. The average Bonchev–Trinajstić information content (AvgIpc) is 3.43. The summed E-state index contributed by atoms with van der Waals surface area (Å²) in [5, 5.41) is 8.55. The third kappa shape index (κ3) is 2.80. The third-order valence-electron chi connectivity index (χ3n) is 5.69. The zero-order chi connectivity index (χ0) is 19.9. The van der Waals surface area contributed by atoms with Gasteiger partial charge in [-0.3, -0.25) is 20.1 Å². The first-order valence-electron chi connectivity index (χ1n) is 10.2. The van der Waals surface area contributed by atoms with Crippen molar-refractivity contribution < 1.29 is 0 Å². The number of hydrogen-bond acceptors (Lipinski definition) is 6. The third-order valence-corrected chi connectivity index (χ3v) is 5.69. The minimum atomic E-state index is 0.726. The Bertz CT molecular complexity index is 1330. The Hall–Kier alpha value is -3.81. The Morgan fingerprint density at radius 1 is 0.900 bits per heavy atom. The summed E-state index contributed by atoms with van der Waals surface area (Å²) in [6.07, 6.45) is 10.6. The fraction of sp³-hybridized carbons (Fsp3) is 0.227. The number of hydrogen-bond donors (Lipinski definition) is 2. The van der Waals surface area contributed by atoms with Gasteiger partial charge in [-0.2, -0.15) is 5.10 Å². The average molecular weight is 396 g/mol. The minimum Gasteiger partial charge on any atom is -0.370 e.